The lowest BCUT2D eigenvalue weighted by atomic mass is 9.46. The number of aliphatic hydroxyl groups excluding tert-OH is 1. The van der Waals surface area contributed by atoms with E-state index in [1.807, 2.05) is 20.8 Å². The van der Waals surface area contributed by atoms with Gasteiger partial charge in [0.15, 0.2) is 11.6 Å². The Hall–Kier alpha value is -1.91. The van der Waals surface area contributed by atoms with Crippen LogP contribution in [0.15, 0.2) is 23.8 Å². The van der Waals surface area contributed by atoms with E-state index < -0.39 is 63.9 Å². The van der Waals surface area contributed by atoms with Crippen molar-refractivity contribution in [2.45, 2.75) is 58.7 Å². The average Bonchev–Trinajstić information content (AvgIpc) is 3.01. The summed E-state index contributed by atoms with van der Waals surface area (Å²) >= 11 is 0. The van der Waals surface area contributed by atoms with E-state index >= 15 is 4.39 Å². The minimum atomic E-state index is -4.32. The SMILES string of the molecule is C[C@@H]1CC2C3C[C@H](F)C4=CC(=O)C=C[C@]4(C)C3C(O)C[C@]2(C)[C@H]1C(=O)COC(=O)CCS(=O)(=O)O. The molecule has 0 bridgehead atoms. The molecule has 4 rings (SSSR count). The third-order valence-corrected chi connectivity index (χ3v) is 9.82. The van der Waals surface area contributed by atoms with Gasteiger partial charge in [-0.2, -0.15) is 8.42 Å². The zero-order chi connectivity index (χ0) is 25.9. The third-order valence-electron chi connectivity index (χ3n) is 9.10. The summed E-state index contributed by atoms with van der Waals surface area (Å²) in [7, 11) is -4.32. The predicted octanol–water partition coefficient (Wildman–Crippen LogP) is 2.47. The van der Waals surface area contributed by atoms with Crippen LogP contribution in [0, 0.1) is 40.4 Å². The number of carbonyl (C=O) groups excluding carboxylic acids is 3. The number of esters is 1. The first-order valence-corrected chi connectivity index (χ1v) is 13.7. The number of Topliss-reactive ketones (excluding diaryl/α,β-unsaturated/α-hetero) is 1. The van der Waals surface area contributed by atoms with Crippen LogP contribution in [0.3, 0.4) is 0 Å². The molecule has 3 saturated carbocycles. The Morgan fingerprint density at radius 3 is 2.60 bits per heavy atom. The molecule has 0 aromatic rings. The Morgan fingerprint density at radius 1 is 1.26 bits per heavy atom. The molecule has 3 fully saturated rings. The number of rotatable bonds is 6. The molecule has 0 heterocycles. The number of allylic oxidation sites excluding steroid dienone is 4. The summed E-state index contributed by atoms with van der Waals surface area (Å²) in [6.45, 7) is 5.25. The Morgan fingerprint density at radius 2 is 1.94 bits per heavy atom. The van der Waals surface area contributed by atoms with Crippen molar-refractivity contribution in [3.8, 4) is 0 Å². The van der Waals surface area contributed by atoms with Crippen LogP contribution in [0.25, 0.3) is 0 Å². The highest BCUT2D eigenvalue weighted by Crippen LogP contribution is 2.67. The molecule has 0 aliphatic heterocycles. The van der Waals surface area contributed by atoms with Gasteiger partial charge in [-0.25, -0.2) is 4.39 Å². The van der Waals surface area contributed by atoms with Gasteiger partial charge in [0.2, 0.25) is 0 Å². The molecule has 0 amide bonds. The van der Waals surface area contributed by atoms with E-state index in [0.717, 1.165) is 0 Å². The summed E-state index contributed by atoms with van der Waals surface area (Å²) in [6, 6.07) is 0. The van der Waals surface area contributed by atoms with Crippen LogP contribution in [0.2, 0.25) is 0 Å². The Balaban J connectivity index is 1.54. The summed E-state index contributed by atoms with van der Waals surface area (Å²) in [5.74, 6) is -3.32. The molecule has 10 heteroatoms. The van der Waals surface area contributed by atoms with Gasteiger partial charge < -0.3 is 9.84 Å². The standard InChI is InChI=1S/C25H33FO8S/c1-13-8-16-15-10-18(26)17-9-14(27)4-6-24(17,2)23(15)19(28)11-25(16,3)22(13)20(29)12-34-21(30)5-7-35(31,32)33/h4,6,9,13,15-16,18-19,22-23,28H,5,7-8,10-12H2,1-3H3,(H,31,32,33)/t13-,15?,16?,18+,19?,22-,23?,24+,25+/m1/s1. The second-order valence-corrected chi connectivity index (χ2v) is 12.8. The van der Waals surface area contributed by atoms with Crippen LogP contribution in [0.4, 0.5) is 4.39 Å². The number of ketones is 2. The molecule has 194 valence electrons. The van der Waals surface area contributed by atoms with Crippen molar-refractivity contribution >= 4 is 27.7 Å². The van der Waals surface area contributed by atoms with E-state index in [4.69, 9.17) is 9.29 Å². The minimum absolute atomic E-state index is 0.0299. The van der Waals surface area contributed by atoms with Crippen LogP contribution in [0.1, 0.15) is 46.5 Å². The molecule has 0 radical (unpaired) electrons. The first-order chi connectivity index (χ1) is 16.2. The molecule has 4 aliphatic carbocycles. The highest BCUT2D eigenvalue weighted by atomic mass is 32.2. The average molecular weight is 513 g/mol. The summed E-state index contributed by atoms with van der Waals surface area (Å²) in [4.78, 5) is 37.0. The lowest BCUT2D eigenvalue weighted by molar-refractivity contribution is -0.154. The normalized spacial score (nSPS) is 42.5. The summed E-state index contributed by atoms with van der Waals surface area (Å²) in [6.07, 6.45) is 3.05. The number of aliphatic hydroxyl groups is 1. The number of fused-ring (bicyclic) bond motifs is 5. The fraction of sp³-hybridized carbons (Fsp3) is 0.720. The van der Waals surface area contributed by atoms with E-state index in [-0.39, 0.29) is 41.7 Å². The van der Waals surface area contributed by atoms with Gasteiger partial charge in [0.1, 0.15) is 12.8 Å². The maximum Gasteiger partial charge on any atom is 0.307 e. The second-order valence-electron chi connectivity index (χ2n) is 11.2. The second kappa shape index (κ2) is 8.88. The zero-order valence-corrected chi connectivity index (χ0v) is 21.0. The molecule has 0 aromatic heterocycles. The molecule has 9 atom stereocenters. The van der Waals surface area contributed by atoms with E-state index in [2.05, 4.69) is 0 Å². The number of hydrogen-bond donors (Lipinski definition) is 2. The lowest BCUT2D eigenvalue weighted by Crippen LogP contribution is -2.58. The van der Waals surface area contributed by atoms with Crippen LogP contribution < -0.4 is 0 Å². The Bertz CT molecular complexity index is 1100. The highest BCUT2D eigenvalue weighted by molar-refractivity contribution is 7.85. The molecule has 2 N–H and O–H groups in total. The van der Waals surface area contributed by atoms with Gasteiger partial charge in [0.05, 0.1) is 18.3 Å². The fourth-order valence-corrected chi connectivity index (χ4v) is 8.34. The van der Waals surface area contributed by atoms with Crippen LogP contribution in [-0.2, 0) is 29.2 Å². The van der Waals surface area contributed by atoms with Crippen LogP contribution >= 0.6 is 0 Å². The van der Waals surface area contributed by atoms with E-state index in [9.17, 15) is 27.9 Å². The Kier molecular flexibility index (Phi) is 6.64. The van der Waals surface area contributed by atoms with Gasteiger partial charge in [0, 0.05) is 17.3 Å². The van der Waals surface area contributed by atoms with Crippen LogP contribution in [-0.4, -0.2) is 60.2 Å². The maximum atomic E-state index is 15.4. The number of carbonyl (C=O) groups is 3. The van der Waals surface area contributed by atoms with Crippen LogP contribution in [0.5, 0.6) is 0 Å². The molecule has 4 unspecified atom stereocenters. The van der Waals surface area contributed by atoms with Crippen molar-refractivity contribution < 1.29 is 41.6 Å². The Labute approximate surface area is 204 Å². The predicted molar refractivity (Wildman–Crippen MR) is 123 cm³/mol. The minimum Gasteiger partial charge on any atom is -0.458 e. The number of halogens is 1. The fourth-order valence-electron chi connectivity index (χ4n) is 7.91. The van der Waals surface area contributed by atoms with Gasteiger partial charge in [-0.15, -0.1) is 0 Å². The largest absolute Gasteiger partial charge is 0.458 e. The molecule has 0 spiro atoms. The molecule has 0 saturated heterocycles. The topological polar surface area (TPSA) is 135 Å². The van der Waals surface area contributed by atoms with Crippen molar-refractivity contribution in [2.75, 3.05) is 12.4 Å². The lowest BCUT2D eigenvalue weighted by Gasteiger charge is -2.59. The van der Waals surface area contributed by atoms with Crippen molar-refractivity contribution in [1.82, 2.24) is 0 Å². The molecule has 4 aliphatic rings. The summed E-state index contributed by atoms with van der Waals surface area (Å²) < 4.78 is 50.8. The van der Waals surface area contributed by atoms with Gasteiger partial charge in [-0.1, -0.05) is 26.8 Å². The number of hydrogen-bond acceptors (Lipinski definition) is 7. The number of ether oxygens (including phenoxy) is 1. The van der Waals surface area contributed by atoms with E-state index in [1.165, 1.54) is 12.2 Å². The quantitative estimate of drug-likeness (QED) is 0.409. The molecular weight excluding hydrogens is 479 g/mol. The van der Waals surface area contributed by atoms with Gasteiger partial charge in [0.25, 0.3) is 10.1 Å². The maximum absolute atomic E-state index is 15.4. The molecule has 8 nitrogen and oxygen atoms in total. The smallest absolute Gasteiger partial charge is 0.307 e. The number of alkyl halides is 1. The molecule has 0 aromatic carbocycles. The van der Waals surface area contributed by atoms with E-state index in [1.54, 1.807) is 6.08 Å². The highest BCUT2D eigenvalue weighted by Gasteiger charge is 2.65. The monoisotopic (exact) mass is 512 g/mol. The van der Waals surface area contributed by atoms with Crippen molar-refractivity contribution in [1.29, 1.82) is 0 Å². The molecular formula is C25H33FO8S. The first-order valence-electron chi connectivity index (χ1n) is 12.1. The molecule has 35 heavy (non-hydrogen) atoms. The van der Waals surface area contributed by atoms with Crippen molar-refractivity contribution in [3.63, 3.8) is 0 Å². The third kappa shape index (κ3) is 4.53. The first kappa shape index (κ1) is 26.2. The summed E-state index contributed by atoms with van der Waals surface area (Å²) in [5, 5.41) is 11.4. The van der Waals surface area contributed by atoms with Crippen molar-refractivity contribution in [2.24, 2.45) is 40.4 Å². The van der Waals surface area contributed by atoms with Gasteiger partial charge >= 0.3 is 5.97 Å². The zero-order valence-electron chi connectivity index (χ0n) is 20.1. The summed E-state index contributed by atoms with van der Waals surface area (Å²) in [5.41, 5.74) is -0.974. The van der Waals surface area contributed by atoms with Crippen molar-refractivity contribution in [3.05, 3.63) is 23.8 Å². The van der Waals surface area contributed by atoms with Gasteiger partial charge in [-0.3, -0.25) is 18.9 Å². The van der Waals surface area contributed by atoms with Gasteiger partial charge in [-0.05, 0) is 60.2 Å². The van der Waals surface area contributed by atoms with E-state index in [0.29, 0.717) is 18.4 Å².